The molecule has 0 aromatic carbocycles. The van der Waals surface area contributed by atoms with Crippen molar-refractivity contribution in [3.05, 3.63) is 6.33 Å². The highest BCUT2D eigenvalue weighted by Gasteiger charge is 2.42. The Bertz CT molecular complexity index is 832. The van der Waals surface area contributed by atoms with Crippen molar-refractivity contribution < 1.29 is 24.5 Å². The normalized spacial score (nSPS) is 26.4. The third-order valence-corrected chi connectivity index (χ3v) is 4.95. The average Bonchev–Trinajstić information content (AvgIpc) is 3.16. The first-order valence-electron chi connectivity index (χ1n) is 8.31. The third kappa shape index (κ3) is 3.84. The summed E-state index contributed by atoms with van der Waals surface area (Å²) in [5, 5.41) is 20.1. The molecule has 0 saturated carbocycles. The topological polar surface area (TPSA) is 172 Å². The fourth-order valence-electron chi connectivity index (χ4n) is 2.74. The largest absolute Gasteiger partial charge is 0.390 e. The van der Waals surface area contributed by atoms with Crippen molar-refractivity contribution in [2.24, 2.45) is 5.73 Å². The van der Waals surface area contributed by atoms with Crippen LogP contribution in [0.3, 0.4) is 0 Å². The van der Waals surface area contributed by atoms with Gasteiger partial charge in [0.25, 0.3) is 0 Å². The SMILES string of the molecule is CSCC[C@H](N)C(=O)Oc1nc(N)c2ncn([C@@H]3O[C@H](C)[C@@H](O)[C@H]3O)c2n1. The minimum Gasteiger partial charge on any atom is -0.390 e. The summed E-state index contributed by atoms with van der Waals surface area (Å²) in [6, 6.07) is -1.08. The first-order valence-corrected chi connectivity index (χ1v) is 9.70. The molecule has 2 aromatic heterocycles. The fraction of sp³-hybridized carbons (Fsp3) is 0.600. The van der Waals surface area contributed by atoms with Crippen molar-refractivity contribution in [3.63, 3.8) is 0 Å². The van der Waals surface area contributed by atoms with Crippen molar-refractivity contribution in [1.29, 1.82) is 0 Å². The van der Waals surface area contributed by atoms with E-state index in [0.29, 0.717) is 12.2 Å². The molecule has 2 aromatic rings. The molecule has 11 nitrogen and oxygen atoms in total. The standard InChI is InChI=1S/C15H22N6O5S/c1-6-9(22)10(23)13(25-6)21-5-18-8-11(17)19-15(20-12(8)21)26-14(24)7(16)3-4-27-2/h5-7,9-10,13,22-23H,3-4,16H2,1-2H3,(H2,17,19,20)/t6-,7+,9-,10-,13-/m1/s1. The lowest BCUT2D eigenvalue weighted by Gasteiger charge is -2.16. The number of nitrogens with two attached hydrogens (primary N) is 2. The summed E-state index contributed by atoms with van der Waals surface area (Å²) in [4.78, 5) is 24.3. The van der Waals surface area contributed by atoms with E-state index in [4.69, 9.17) is 20.9 Å². The molecule has 0 aliphatic carbocycles. The number of aromatic nitrogens is 4. The smallest absolute Gasteiger partial charge is 0.330 e. The van der Waals surface area contributed by atoms with E-state index < -0.39 is 36.6 Å². The number of esters is 1. The number of thioether (sulfide) groups is 1. The van der Waals surface area contributed by atoms with Crippen molar-refractivity contribution >= 4 is 34.7 Å². The maximum atomic E-state index is 12.1. The first kappa shape index (κ1) is 19.8. The molecular formula is C15H22N6O5S. The van der Waals surface area contributed by atoms with Gasteiger partial charge >= 0.3 is 12.0 Å². The van der Waals surface area contributed by atoms with Gasteiger partial charge in [-0.3, -0.25) is 4.57 Å². The number of imidazole rings is 1. The number of hydrogen-bond donors (Lipinski definition) is 4. The predicted molar refractivity (Wildman–Crippen MR) is 97.9 cm³/mol. The Morgan fingerprint density at radius 2 is 2.19 bits per heavy atom. The molecule has 0 bridgehead atoms. The second-order valence-electron chi connectivity index (χ2n) is 6.24. The summed E-state index contributed by atoms with van der Waals surface area (Å²) in [7, 11) is 0. The Labute approximate surface area is 159 Å². The molecule has 1 aliphatic rings. The molecule has 3 heterocycles. The zero-order valence-corrected chi connectivity index (χ0v) is 15.7. The predicted octanol–water partition coefficient (Wildman–Crippen LogP) is -0.967. The maximum absolute atomic E-state index is 12.1. The van der Waals surface area contributed by atoms with Crippen molar-refractivity contribution in [2.75, 3.05) is 17.7 Å². The number of nitrogens with zero attached hydrogens (tertiary/aromatic N) is 4. The highest BCUT2D eigenvalue weighted by molar-refractivity contribution is 7.98. The van der Waals surface area contributed by atoms with Crippen LogP contribution in [0, 0.1) is 0 Å². The monoisotopic (exact) mass is 398 g/mol. The maximum Gasteiger partial charge on any atom is 0.330 e. The van der Waals surface area contributed by atoms with Crippen LogP contribution >= 0.6 is 11.8 Å². The van der Waals surface area contributed by atoms with Crippen LogP contribution < -0.4 is 16.2 Å². The van der Waals surface area contributed by atoms with Crippen molar-refractivity contribution in [3.8, 4) is 6.01 Å². The summed E-state index contributed by atoms with van der Waals surface area (Å²) in [6.07, 6.45) is -0.000589. The fourth-order valence-corrected chi connectivity index (χ4v) is 3.22. The summed E-state index contributed by atoms with van der Waals surface area (Å²) >= 11 is 1.57. The summed E-state index contributed by atoms with van der Waals surface area (Å²) in [6.45, 7) is 1.64. The molecule has 6 N–H and O–H groups in total. The van der Waals surface area contributed by atoms with E-state index in [0.717, 1.165) is 0 Å². The number of hydrogen-bond acceptors (Lipinski definition) is 11. The minimum absolute atomic E-state index is 0.000295. The lowest BCUT2D eigenvalue weighted by molar-refractivity contribution is -0.136. The van der Waals surface area contributed by atoms with Gasteiger partial charge in [0, 0.05) is 0 Å². The molecule has 3 rings (SSSR count). The number of nitrogen functional groups attached to an aromatic ring is 1. The van der Waals surface area contributed by atoms with E-state index >= 15 is 0 Å². The summed E-state index contributed by atoms with van der Waals surface area (Å²) < 4.78 is 12.1. The molecule has 1 fully saturated rings. The van der Waals surface area contributed by atoms with E-state index in [9.17, 15) is 15.0 Å². The van der Waals surface area contributed by atoms with Gasteiger partial charge in [0.15, 0.2) is 23.2 Å². The van der Waals surface area contributed by atoms with Gasteiger partial charge in [0.05, 0.1) is 12.4 Å². The Balaban J connectivity index is 1.88. The Morgan fingerprint density at radius 1 is 1.44 bits per heavy atom. The lowest BCUT2D eigenvalue weighted by Crippen LogP contribution is -2.35. The van der Waals surface area contributed by atoms with Crippen LogP contribution in [0.5, 0.6) is 6.01 Å². The second-order valence-corrected chi connectivity index (χ2v) is 7.22. The van der Waals surface area contributed by atoms with Crippen LogP contribution in [-0.2, 0) is 9.53 Å². The molecule has 0 amide bonds. The van der Waals surface area contributed by atoms with E-state index in [1.807, 2.05) is 6.26 Å². The van der Waals surface area contributed by atoms with Gasteiger partial charge in [-0.2, -0.15) is 21.7 Å². The molecule has 1 saturated heterocycles. The molecule has 0 unspecified atom stereocenters. The van der Waals surface area contributed by atoms with Gasteiger partial charge in [-0.25, -0.2) is 9.78 Å². The van der Waals surface area contributed by atoms with E-state index in [1.54, 1.807) is 18.7 Å². The zero-order chi connectivity index (χ0) is 19.7. The number of fused-ring (bicyclic) bond motifs is 1. The molecule has 0 spiro atoms. The van der Waals surface area contributed by atoms with Gasteiger partial charge in [-0.05, 0) is 25.4 Å². The summed E-state index contributed by atoms with van der Waals surface area (Å²) in [5.74, 6) is 0.0399. The molecule has 0 radical (unpaired) electrons. The average molecular weight is 398 g/mol. The molecule has 5 atom stereocenters. The molecular weight excluding hydrogens is 376 g/mol. The van der Waals surface area contributed by atoms with Gasteiger partial charge in [-0.1, -0.05) is 0 Å². The van der Waals surface area contributed by atoms with E-state index in [1.165, 1.54) is 10.9 Å². The number of aliphatic hydroxyl groups excluding tert-OH is 2. The zero-order valence-electron chi connectivity index (χ0n) is 14.8. The van der Waals surface area contributed by atoms with Gasteiger partial charge in [0.1, 0.15) is 18.2 Å². The quantitative estimate of drug-likeness (QED) is 0.441. The van der Waals surface area contributed by atoms with Crippen molar-refractivity contribution in [2.45, 2.75) is 43.9 Å². The van der Waals surface area contributed by atoms with Crippen molar-refractivity contribution in [1.82, 2.24) is 19.5 Å². The molecule has 148 valence electrons. The molecule has 27 heavy (non-hydrogen) atoms. The Kier molecular flexibility index (Phi) is 5.81. The highest BCUT2D eigenvalue weighted by Crippen LogP contribution is 2.32. The Hall–Kier alpha value is -1.99. The van der Waals surface area contributed by atoms with Crippen LogP contribution in [0.15, 0.2) is 6.33 Å². The van der Waals surface area contributed by atoms with Crippen LogP contribution in [0.1, 0.15) is 19.6 Å². The van der Waals surface area contributed by atoms with Crippen LogP contribution in [0.2, 0.25) is 0 Å². The molecule has 1 aliphatic heterocycles. The van der Waals surface area contributed by atoms with Gasteiger partial charge in [0.2, 0.25) is 0 Å². The number of ether oxygens (including phenoxy) is 2. The lowest BCUT2D eigenvalue weighted by atomic mass is 10.1. The third-order valence-electron chi connectivity index (χ3n) is 4.31. The molecule has 12 heteroatoms. The van der Waals surface area contributed by atoms with Crippen LogP contribution in [-0.4, -0.2) is 72.1 Å². The second kappa shape index (κ2) is 7.94. The van der Waals surface area contributed by atoms with Gasteiger partial charge in [-0.15, -0.1) is 0 Å². The number of carbonyl (C=O) groups excluding carboxylic acids is 1. The number of anilines is 1. The highest BCUT2D eigenvalue weighted by atomic mass is 32.2. The first-order chi connectivity index (χ1) is 12.8. The van der Waals surface area contributed by atoms with Crippen LogP contribution in [0.4, 0.5) is 5.82 Å². The van der Waals surface area contributed by atoms with E-state index in [2.05, 4.69) is 15.0 Å². The summed E-state index contributed by atoms with van der Waals surface area (Å²) in [5.41, 5.74) is 12.1. The Morgan fingerprint density at radius 3 is 2.81 bits per heavy atom. The van der Waals surface area contributed by atoms with Gasteiger partial charge < -0.3 is 31.2 Å². The van der Waals surface area contributed by atoms with E-state index in [-0.39, 0.29) is 23.0 Å². The van der Waals surface area contributed by atoms with Crippen LogP contribution in [0.25, 0.3) is 11.2 Å². The number of aliphatic hydroxyl groups is 2. The number of rotatable bonds is 6. The number of carbonyl (C=O) groups is 1. The minimum atomic E-state index is -1.18.